The van der Waals surface area contributed by atoms with Crippen molar-refractivity contribution in [3.63, 3.8) is 0 Å². The number of urea groups is 1. The van der Waals surface area contributed by atoms with Gasteiger partial charge in [-0.15, -0.1) is 5.10 Å². The predicted molar refractivity (Wildman–Crippen MR) is 125 cm³/mol. The zero-order chi connectivity index (χ0) is 24.5. The average molecular weight is 501 g/mol. The number of esters is 1. The summed E-state index contributed by atoms with van der Waals surface area (Å²) >= 11 is 1.37. The molecule has 0 aliphatic carbocycles. The minimum absolute atomic E-state index is 0.0610. The quantitative estimate of drug-likeness (QED) is 0.428. The zero-order valence-electron chi connectivity index (χ0n) is 19.1. The van der Waals surface area contributed by atoms with Gasteiger partial charge in [-0.2, -0.15) is 0 Å². The number of anilines is 2. The lowest BCUT2D eigenvalue weighted by atomic mass is 9.97. The first kappa shape index (κ1) is 23.2. The van der Waals surface area contributed by atoms with E-state index in [1.54, 1.807) is 31.2 Å². The molecule has 1 saturated heterocycles. The third kappa shape index (κ3) is 4.57. The Bertz CT molecular complexity index is 1240. The van der Waals surface area contributed by atoms with Gasteiger partial charge in [-0.1, -0.05) is 22.5 Å². The highest BCUT2D eigenvalue weighted by Crippen LogP contribution is 2.43. The fourth-order valence-electron chi connectivity index (χ4n) is 4.16. The average Bonchev–Trinajstić information content (AvgIpc) is 3.50. The van der Waals surface area contributed by atoms with Crippen LogP contribution in [0.15, 0.2) is 28.7 Å². The SMILES string of the molecule is COC(=O)c1cccc(-c2nnc(N3C4COCC3c3sc(NC(=O)N[C@H](C)CO)nc3C4)o2)c1. The number of hydrogen-bond donors (Lipinski definition) is 3. The molecule has 13 heteroatoms. The van der Waals surface area contributed by atoms with Gasteiger partial charge in [0.15, 0.2) is 5.13 Å². The summed E-state index contributed by atoms with van der Waals surface area (Å²) in [5.41, 5.74) is 1.90. The Labute approximate surface area is 204 Å². The molecular formula is C22H24N6O6S. The number of benzene rings is 1. The van der Waals surface area contributed by atoms with E-state index in [9.17, 15) is 9.59 Å². The highest BCUT2D eigenvalue weighted by molar-refractivity contribution is 7.16. The molecule has 2 bridgehead atoms. The van der Waals surface area contributed by atoms with Crippen molar-refractivity contribution < 1.29 is 28.6 Å². The van der Waals surface area contributed by atoms with Crippen molar-refractivity contribution in [2.24, 2.45) is 0 Å². The molecule has 2 aliphatic heterocycles. The Morgan fingerprint density at radius 1 is 1.34 bits per heavy atom. The van der Waals surface area contributed by atoms with Gasteiger partial charge in [0.1, 0.15) is 0 Å². The number of aliphatic hydroxyl groups excluding tert-OH is 1. The number of aromatic nitrogens is 3. The van der Waals surface area contributed by atoms with Gasteiger partial charge in [0.05, 0.1) is 61.2 Å². The van der Waals surface area contributed by atoms with Gasteiger partial charge in [0, 0.05) is 12.0 Å². The molecule has 12 nitrogen and oxygen atoms in total. The van der Waals surface area contributed by atoms with Crippen molar-refractivity contribution in [3.8, 4) is 11.5 Å². The molecule has 0 saturated carbocycles. The molecule has 2 amide bonds. The molecule has 3 aromatic rings. The number of methoxy groups -OCH3 is 1. The van der Waals surface area contributed by atoms with E-state index in [1.165, 1.54) is 18.4 Å². The van der Waals surface area contributed by atoms with Gasteiger partial charge < -0.3 is 29.2 Å². The lowest BCUT2D eigenvalue weighted by molar-refractivity contribution is 0.0578. The number of thiazole rings is 1. The highest BCUT2D eigenvalue weighted by atomic mass is 32.1. The van der Waals surface area contributed by atoms with Crippen LogP contribution in [0.2, 0.25) is 0 Å². The maximum Gasteiger partial charge on any atom is 0.337 e. The number of morpholine rings is 1. The van der Waals surface area contributed by atoms with Gasteiger partial charge >= 0.3 is 18.0 Å². The second kappa shape index (κ2) is 9.60. The lowest BCUT2D eigenvalue weighted by Gasteiger charge is -2.43. The third-order valence-electron chi connectivity index (χ3n) is 5.81. The number of ether oxygens (including phenoxy) is 2. The Morgan fingerprint density at radius 2 is 2.20 bits per heavy atom. The standard InChI is InChI=1S/C22H24N6O6S/c1-11(8-29)23-20(31)25-21-24-15-7-14-9-33-10-16(17(15)35-21)28(14)22-27-26-18(34-22)12-4-3-5-13(6-12)19(30)32-2/h3-6,11,14,16,29H,7-10H2,1-2H3,(H2,23,24,25,31)/t11-,14?,16?/m1/s1. The number of hydrogen-bond acceptors (Lipinski definition) is 11. The van der Waals surface area contributed by atoms with Crippen LogP contribution in [0.5, 0.6) is 0 Å². The van der Waals surface area contributed by atoms with Crippen molar-refractivity contribution >= 4 is 34.5 Å². The molecule has 1 aromatic carbocycles. The number of nitrogens with zero attached hydrogens (tertiary/aromatic N) is 4. The smallest absolute Gasteiger partial charge is 0.337 e. The van der Waals surface area contributed by atoms with Crippen molar-refractivity contribution in [1.29, 1.82) is 0 Å². The van der Waals surface area contributed by atoms with E-state index in [1.807, 2.05) is 4.90 Å². The Kier molecular flexibility index (Phi) is 6.36. The maximum atomic E-state index is 12.2. The molecule has 3 N–H and O–H groups in total. The Morgan fingerprint density at radius 3 is 3.00 bits per heavy atom. The Balaban J connectivity index is 1.39. The van der Waals surface area contributed by atoms with Crippen LogP contribution in [0.4, 0.5) is 15.9 Å². The summed E-state index contributed by atoms with van der Waals surface area (Å²) in [5.74, 6) is -0.159. The molecule has 35 heavy (non-hydrogen) atoms. The molecular weight excluding hydrogens is 476 g/mol. The number of amides is 2. The van der Waals surface area contributed by atoms with E-state index in [2.05, 4.69) is 25.8 Å². The first-order chi connectivity index (χ1) is 17.0. The molecule has 2 aromatic heterocycles. The first-order valence-corrected chi connectivity index (χ1v) is 11.8. The topological polar surface area (TPSA) is 152 Å². The van der Waals surface area contributed by atoms with Crippen LogP contribution in [0, 0.1) is 0 Å². The minimum atomic E-state index is -0.448. The van der Waals surface area contributed by atoms with E-state index in [0.29, 0.717) is 41.9 Å². The number of rotatable bonds is 6. The molecule has 5 rings (SSSR count). The second-order valence-corrected chi connectivity index (χ2v) is 9.32. The summed E-state index contributed by atoms with van der Waals surface area (Å²) < 4.78 is 16.6. The van der Waals surface area contributed by atoms with Crippen molar-refractivity contribution in [1.82, 2.24) is 20.5 Å². The summed E-state index contributed by atoms with van der Waals surface area (Å²) in [5, 5.41) is 23.5. The van der Waals surface area contributed by atoms with E-state index in [-0.39, 0.29) is 30.6 Å². The lowest BCUT2D eigenvalue weighted by Crippen LogP contribution is -2.51. The third-order valence-corrected chi connectivity index (χ3v) is 6.93. The zero-order valence-corrected chi connectivity index (χ0v) is 19.9. The summed E-state index contributed by atoms with van der Waals surface area (Å²) in [6.07, 6.45) is 0.591. The van der Waals surface area contributed by atoms with Crippen molar-refractivity contribution in [2.75, 3.05) is 37.1 Å². The number of nitrogens with one attached hydrogen (secondary N) is 2. The molecule has 3 atom stereocenters. The number of aliphatic hydroxyl groups is 1. The molecule has 0 spiro atoms. The monoisotopic (exact) mass is 500 g/mol. The summed E-state index contributed by atoms with van der Waals surface area (Å²) in [6.45, 7) is 2.43. The van der Waals surface area contributed by atoms with Crippen molar-refractivity contribution in [3.05, 3.63) is 40.4 Å². The second-order valence-electron chi connectivity index (χ2n) is 8.29. The molecule has 2 unspecified atom stereocenters. The predicted octanol–water partition coefficient (Wildman–Crippen LogP) is 1.98. The summed E-state index contributed by atoms with van der Waals surface area (Å²) in [6, 6.07) is 6.11. The summed E-state index contributed by atoms with van der Waals surface area (Å²) in [7, 11) is 1.33. The Hall–Kier alpha value is -3.55. The van der Waals surface area contributed by atoms with E-state index in [0.717, 1.165) is 10.6 Å². The van der Waals surface area contributed by atoms with Crippen LogP contribution >= 0.6 is 11.3 Å². The van der Waals surface area contributed by atoms with Crippen LogP contribution in [0.1, 0.15) is 33.9 Å². The largest absolute Gasteiger partial charge is 0.465 e. The summed E-state index contributed by atoms with van der Waals surface area (Å²) in [4.78, 5) is 31.7. The fraction of sp³-hybridized carbons (Fsp3) is 0.409. The van der Waals surface area contributed by atoms with Gasteiger partial charge in [0.25, 0.3) is 0 Å². The fourth-order valence-corrected chi connectivity index (χ4v) is 5.23. The van der Waals surface area contributed by atoms with Crippen LogP contribution in [0.3, 0.4) is 0 Å². The van der Waals surface area contributed by atoms with Crippen LogP contribution in [0.25, 0.3) is 11.5 Å². The number of fused-ring (bicyclic) bond motifs is 4. The van der Waals surface area contributed by atoms with E-state index >= 15 is 0 Å². The van der Waals surface area contributed by atoms with Gasteiger partial charge in [-0.3, -0.25) is 5.32 Å². The van der Waals surface area contributed by atoms with E-state index < -0.39 is 12.0 Å². The molecule has 184 valence electrons. The minimum Gasteiger partial charge on any atom is -0.465 e. The maximum absolute atomic E-state index is 12.2. The van der Waals surface area contributed by atoms with Crippen LogP contribution < -0.4 is 15.5 Å². The highest BCUT2D eigenvalue weighted by Gasteiger charge is 2.43. The molecule has 2 aliphatic rings. The van der Waals surface area contributed by atoms with Gasteiger partial charge in [-0.05, 0) is 25.1 Å². The molecule has 0 radical (unpaired) electrons. The van der Waals surface area contributed by atoms with Crippen LogP contribution in [-0.4, -0.2) is 71.3 Å². The van der Waals surface area contributed by atoms with Crippen molar-refractivity contribution in [2.45, 2.75) is 31.5 Å². The van der Waals surface area contributed by atoms with Gasteiger partial charge in [-0.25, -0.2) is 14.6 Å². The number of carbonyl (C=O) groups is 2. The first-order valence-electron chi connectivity index (χ1n) is 11.0. The van der Waals surface area contributed by atoms with Gasteiger partial charge in [0.2, 0.25) is 5.89 Å². The molecule has 4 heterocycles. The normalized spacial score (nSPS) is 19.6. The molecule has 1 fully saturated rings. The van der Waals surface area contributed by atoms with Crippen LogP contribution in [-0.2, 0) is 15.9 Å². The van der Waals surface area contributed by atoms with E-state index in [4.69, 9.17) is 19.0 Å². The number of carbonyl (C=O) groups excluding carboxylic acids is 2.